The Bertz CT molecular complexity index is 968. The lowest BCUT2D eigenvalue weighted by Crippen LogP contribution is -2.62. The number of nitrogens with one attached hydrogen (secondary N) is 1. The molecule has 2 aliphatic rings. The van der Waals surface area contributed by atoms with Crippen molar-refractivity contribution in [2.75, 3.05) is 32.8 Å². The maximum atomic E-state index is 12.8. The largest absolute Gasteiger partial charge is 0.419 e. The number of rotatable bonds is 5. The summed E-state index contributed by atoms with van der Waals surface area (Å²) in [4.78, 5) is 14.1. The van der Waals surface area contributed by atoms with Gasteiger partial charge in [-0.05, 0) is 37.5 Å². The molecule has 142 valence electrons. The van der Waals surface area contributed by atoms with Crippen molar-refractivity contribution in [2.24, 2.45) is 7.05 Å². The molecule has 8 nitrogen and oxygen atoms in total. The molecule has 1 aliphatic heterocycles. The van der Waals surface area contributed by atoms with E-state index in [1.165, 1.54) is 22.8 Å². The van der Waals surface area contributed by atoms with Gasteiger partial charge in [-0.15, -0.1) is 0 Å². The van der Waals surface area contributed by atoms with Crippen LogP contribution in [0.4, 0.5) is 0 Å². The van der Waals surface area contributed by atoms with E-state index < -0.39 is 15.8 Å². The van der Waals surface area contributed by atoms with Gasteiger partial charge in [0.2, 0.25) is 10.0 Å². The van der Waals surface area contributed by atoms with Gasteiger partial charge in [-0.2, -0.15) is 0 Å². The SMILES string of the molecule is Cn1c(=O)oc2ccc(S(=O)(=O)NCC3(N4CCOCC4)CCC3)cc21. The summed E-state index contributed by atoms with van der Waals surface area (Å²) in [6, 6.07) is 4.47. The molecular formula is C17H23N3O5S. The molecule has 0 amide bonds. The van der Waals surface area contributed by atoms with Gasteiger partial charge in [-0.25, -0.2) is 17.9 Å². The topological polar surface area (TPSA) is 93.8 Å². The minimum Gasteiger partial charge on any atom is -0.408 e. The van der Waals surface area contributed by atoms with E-state index in [1.807, 2.05) is 0 Å². The van der Waals surface area contributed by atoms with Crippen molar-refractivity contribution >= 4 is 21.1 Å². The van der Waals surface area contributed by atoms with Gasteiger partial charge in [0.05, 0.1) is 23.6 Å². The summed E-state index contributed by atoms with van der Waals surface area (Å²) >= 11 is 0. The molecule has 0 atom stereocenters. The molecular weight excluding hydrogens is 358 g/mol. The smallest absolute Gasteiger partial charge is 0.408 e. The van der Waals surface area contributed by atoms with Crippen molar-refractivity contribution in [1.82, 2.24) is 14.2 Å². The molecule has 1 saturated heterocycles. The van der Waals surface area contributed by atoms with Crippen LogP contribution in [0.3, 0.4) is 0 Å². The monoisotopic (exact) mass is 381 g/mol. The Hall–Kier alpha value is -1.68. The van der Waals surface area contributed by atoms with Crippen LogP contribution < -0.4 is 10.5 Å². The number of benzene rings is 1. The van der Waals surface area contributed by atoms with E-state index in [-0.39, 0.29) is 10.4 Å². The molecule has 1 aromatic carbocycles. The third-order valence-electron chi connectivity index (χ3n) is 5.63. The van der Waals surface area contributed by atoms with Crippen LogP contribution in [-0.4, -0.2) is 56.3 Å². The van der Waals surface area contributed by atoms with Crippen molar-refractivity contribution in [2.45, 2.75) is 29.7 Å². The van der Waals surface area contributed by atoms with Crippen LogP contribution in [0.25, 0.3) is 11.1 Å². The number of hydrogen-bond acceptors (Lipinski definition) is 6. The Labute approximate surface area is 151 Å². The van der Waals surface area contributed by atoms with Crippen LogP contribution in [0.1, 0.15) is 19.3 Å². The first-order valence-corrected chi connectivity index (χ1v) is 10.3. The molecule has 0 radical (unpaired) electrons. The number of aromatic nitrogens is 1. The van der Waals surface area contributed by atoms with E-state index in [1.54, 1.807) is 7.05 Å². The zero-order valence-electron chi connectivity index (χ0n) is 14.7. The first kappa shape index (κ1) is 17.7. The van der Waals surface area contributed by atoms with Crippen molar-refractivity contribution in [3.8, 4) is 0 Å². The van der Waals surface area contributed by atoms with Crippen molar-refractivity contribution in [1.29, 1.82) is 0 Å². The van der Waals surface area contributed by atoms with E-state index in [0.29, 0.717) is 30.9 Å². The number of nitrogens with zero attached hydrogens (tertiary/aromatic N) is 2. The average molecular weight is 381 g/mol. The molecule has 0 unspecified atom stereocenters. The predicted molar refractivity (Wildman–Crippen MR) is 95.6 cm³/mol. The van der Waals surface area contributed by atoms with E-state index in [4.69, 9.17) is 9.15 Å². The highest BCUT2D eigenvalue weighted by atomic mass is 32.2. The van der Waals surface area contributed by atoms with Crippen LogP contribution >= 0.6 is 0 Å². The fraction of sp³-hybridized carbons (Fsp3) is 0.588. The lowest BCUT2D eigenvalue weighted by atomic mass is 9.75. The average Bonchev–Trinajstić information content (AvgIpc) is 2.89. The number of fused-ring (bicyclic) bond motifs is 1. The molecule has 1 aliphatic carbocycles. The summed E-state index contributed by atoms with van der Waals surface area (Å²) in [5.74, 6) is -0.511. The van der Waals surface area contributed by atoms with Crippen LogP contribution in [-0.2, 0) is 21.8 Å². The van der Waals surface area contributed by atoms with Crippen LogP contribution in [0.2, 0.25) is 0 Å². The summed E-state index contributed by atoms with van der Waals surface area (Å²) in [5, 5.41) is 0. The van der Waals surface area contributed by atoms with Gasteiger partial charge in [0, 0.05) is 32.2 Å². The maximum absolute atomic E-state index is 12.8. The molecule has 1 N–H and O–H groups in total. The first-order valence-electron chi connectivity index (χ1n) is 8.83. The van der Waals surface area contributed by atoms with Crippen LogP contribution in [0.15, 0.2) is 32.3 Å². The lowest BCUT2D eigenvalue weighted by molar-refractivity contribution is -0.0527. The zero-order valence-corrected chi connectivity index (χ0v) is 15.5. The summed E-state index contributed by atoms with van der Waals surface area (Å²) in [6.45, 7) is 3.45. The second-order valence-corrected chi connectivity index (χ2v) is 8.83. The predicted octanol–water partition coefficient (Wildman–Crippen LogP) is 0.665. The highest BCUT2D eigenvalue weighted by Gasteiger charge is 2.43. The highest BCUT2D eigenvalue weighted by molar-refractivity contribution is 7.89. The van der Waals surface area contributed by atoms with Gasteiger partial charge in [0.1, 0.15) is 0 Å². The van der Waals surface area contributed by atoms with Gasteiger partial charge >= 0.3 is 5.76 Å². The summed E-state index contributed by atoms with van der Waals surface area (Å²) in [7, 11) is -2.12. The maximum Gasteiger partial charge on any atom is 0.419 e. The molecule has 0 bridgehead atoms. The summed E-state index contributed by atoms with van der Waals surface area (Å²) in [6.07, 6.45) is 3.09. The second-order valence-electron chi connectivity index (χ2n) is 7.06. The number of ether oxygens (including phenoxy) is 1. The van der Waals surface area contributed by atoms with E-state index in [9.17, 15) is 13.2 Å². The second kappa shape index (κ2) is 6.49. The molecule has 1 aromatic heterocycles. The quantitative estimate of drug-likeness (QED) is 0.818. The van der Waals surface area contributed by atoms with Gasteiger partial charge in [0.25, 0.3) is 0 Å². The Balaban J connectivity index is 1.55. The Morgan fingerprint density at radius 3 is 2.62 bits per heavy atom. The van der Waals surface area contributed by atoms with Gasteiger partial charge in [-0.3, -0.25) is 9.47 Å². The van der Waals surface area contributed by atoms with Gasteiger partial charge in [-0.1, -0.05) is 0 Å². The number of hydrogen-bond donors (Lipinski definition) is 1. The van der Waals surface area contributed by atoms with Crippen molar-refractivity contribution in [3.63, 3.8) is 0 Å². The number of morpholine rings is 1. The molecule has 2 aromatic rings. The molecule has 1 saturated carbocycles. The van der Waals surface area contributed by atoms with Crippen LogP contribution in [0, 0.1) is 0 Å². The molecule has 9 heteroatoms. The van der Waals surface area contributed by atoms with E-state index >= 15 is 0 Å². The minimum absolute atomic E-state index is 0.108. The van der Waals surface area contributed by atoms with Crippen molar-refractivity contribution in [3.05, 3.63) is 28.7 Å². The number of sulfonamides is 1. The lowest BCUT2D eigenvalue weighted by Gasteiger charge is -2.51. The fourth-order valence-corrected chi connectivity index (χ4v) is 4.95. The molecule has 26 heavy (non-hydrogen) atoms. The number of oxazole rings is 1. The Kier molecular flexibility index (Phi) is 4.42. The Morgan fingerprint density at radius 1 is 1.23 bits per heavy atom. The molecule has 0 spiro atoms. The summed E-state index contributed by atoms with van der Waals surface area (Å²) in [5.41, 5.74) is 0.730. The van der Waals surface area contributed by atoms with Gasteiger partial charge in [0.15, 0.2) is 5.58 Å². The zero-order chi connectivity index (χ0) is 18.4. The van der Waals surface area contributed by atoms with E-state index in [0.717, 1.165) is 32.4 Å². The highest BCUT2D eigenvalue weighted by Crippen LogP contribution is 2.38. The fourth-order valence-electron chi connectivity index (χ4n) is 3.81. The normalized spacial score (nSPS) is 21.0. The third-order valence-corrected chi connectivity index (χ3v) is 7.03. The first-order chi connectivity index (χ1) is 12.4. The van der Waals surface area contributed by atoms with Crippen LogP contribution in [0.5, 0.6) is 0 Å². The van der Waals surface area contributed by atoms with Gasteiger partial charge < -0.3 is 9.15 Å². The van der Waals surface area contributed by atoms with E-state index in [2.05, 4.69) is 9.62 Å². The van der Waals surface area contributed by atoms with Crippen molar-refractivity contribution < 1.29 is 17.6 Å². The number of aryl methyl sites for hydroxylation is 1. The molecule has 4 rings (SSSR count). The molecule has 2 heterocycles. The third kappa shape index (κ3) is 2.98. The Morgan fingerprint density at radius 2 is 1.96 bits per heavy atom. The minimum atomic E-state index is -3.67. The standard InChI is InChI=1S/C17H23N3O5S/c1-19-14-11-13(3-4-15(14)25-16(19)21)26(22,23)18-12-17(5-2-6-17)20-7-9-24-10-8-20/h3-4,11,18H,2,5-10,12H2,1H3. The summed E-state index contributed by atoms with van der Waals surface area (Å²) < 4.78 is 40.1. The molecule has 2 fully saturated rings.